The first-order chi connectivity index (χ1) is 11.6. The Morgan fingerprint density at radius 3 is 2.79 bits per heavy atom. The normalized spacial score (nSPS) is 35.5. The van der Waals surface area contributed by atoms with E-state index in [1.807, 2.05) is 0 Å². The van der Waals surface area contributed by atoms with Crippen molar-refractivity contribution in [2.24, 2.45) is 28.8 Å². The van der Waals surface area contributed by atoms with Crippen molar-refractivity contribution in [1.82, 2.24) is 0 Å². The van der Waals surface area contributed by atoms with Gasteiger partial charge in [-0.1, -0.05) is 36.3 Å². The molecule has 3 rings (SSSR count). The highest BCUT2D eigenvalue weighted by Crippen LogP contribution is 2.48. The number of carboxylic acid groups (broad SMARTS) is 1. The van der Waals surface area contributed by atoms with Gasteiger partial charge in [-0.25, -0.2) is 4.79 Å². The zero-order chi connectivity index (χ0) is 17.1. The van der Waals surface area contributed by atoms with Gasteiger partial charge in [0.1, 0.15) is 6.10 Å². The predicted octanol–water partition coefficient (Wildman–Crippen LogP) is 1.41. The molecule has 0 spiro atoms. The number of carbonyl (C=O) groups is 1. The van der Waals surface area contributed by atoms with Gasteiger partial charge in [-0.3, -0.25) is 0 Å². The first-order valence-corrected chi connectivity index (χ1v) is 8.84. The van der Waals surface area contributed by atoms with Crippen LogP contribution in [0, 0.1) is 35.5 Å². The predicted molar refractivity (Wildman–Crippen MR) is 87.1 cm³/mol. The average molecular weight is 335 g/mol. The molecule has 24 heavy (non-hydrogen) atoms. The summed E-state index contributed by atoms with van der Waals surface area (Å²) in [6.07, 6.45) is 5.87. The lowest BCUT2D eigenvalue weighted by atomic mass is 9.73. The molecule has 0 aliphatic heterocycles. The van der Waals surface area contributed by atoms with Gasteiger partial charge in [-0.15, -0.1) is 0 Å². The SMILES string of the molecule is O=C(O)CON=C1CC2C1CC(C#CC(O)C1CCCCC1)C2O. The third-order valence-electron chi connectivity index (χ3n) is 5.63. The smallest absolute Gasteiger partial charge is 0.344 e. The molecule has 0 amide bonds. The Morgan fingerprint density at radius 1 is 1.33 bits per heavy atom. The lowest BCUT2D eigenvalue weighted by Crippen LogP contribution is -2.38. The number of carboxylic acids is 1. The second-order valence-corrected chi connectivity index (χ2v) is 7.19. The molecule has 3 aliphatic carbocycles. The van der Waals surface area contributed by atoms with Gasteiger partial charge in [0, 0.05) is 11.8 Å². The Morgan fingerprint density at radius 2 is 2.08 bits per heavy atom. The third-order valence-corrected chi connectivity index (χ3v) is 5.63. The van der Waals surface area contributed by atoms with Crippen molar-refractivity contribution in [1.29, 1.82) is 0 Å². The van der Waals surface area contributed by atoms with Crippen molar-refractivity contribution in [3.63, 3.8) is 0 Å². The molecule has 0 saturated heterocycles. The van der Waals surface area contributed by atoms with E-state index in [2.05, 4.69) is 17.0 Å². The maximum atomic E-state index is 10.4. The minimum atomic E-state index is -1.05. The molecule has 3 saturated carbocycles. The number of aliphatic hydroxyl groups is 2. The standard InChI is InChI=1S/C18H25NO5/c20-16(11-4-2-1-3-5-11)7-6-12-8-13-14(18(12)23)9-15(13)19-24-10-17(21)22/h11-14,16,18,20,23H,1-5,8-10H2,(H,21,22). The number of rotatable bonds is 4. The van der Waals surface area contributed by atoms with E-state index >= 15 is 0 Å². The topological polar surface area (TPSA) is 99.4 Å². The van der Waals surface area contributed by atoms with Crippen molar-refractivity contribution in [3.8, 4) is 11.8 Å². The van der Waals surface area contributed by atoms with Crippen LogP contribution in [0.3, 0.4) is 0 Å². The minimum absolute atomic E-state index is 0.125. The third kappa shape index (κ3) is 3.73. The minimum Gasteiger partial charge on any atom is -0.479 e. The van der Waals surface area contributed by atoms with Gasteiger partial charge in [0.05, 0.1) is 11.8 Å². The maximum Gasteiger partial charge on any atom is 0.344 e. The molecule has 5 unspecified atom stereocenters. The summed E-state index contributed by atoms with van der Waals surface area (Å²) in [4.78, 5) is 15.2. The Bertz CT molecular complexity index is 557. The molecule has 0 heterocycles. The van der Waals surface area contributed by atoms with E-state index in [9.17, 15) is 15.0 Å². The number of oxime groups is 1. The Balaban J connectivity index is 1.53. The first kappa shape index (κ1) is 17.2. The van der Waals surface area contributed by atoms with Gasteiger partial charge in [0.25, 0.3) is 0 Å². The van der Waals surface area contributed by atoms with Crippen LogP contribution < -0.4 is 0 Å². The van der Waals surface area contributed by atoms with Crippen LogP contribution in [0.4, 0.5) is 0 Å². The van der Waals surface area contributed by atoms with E-state index in [1.54, 1.807) is 0 Å². The molecule has 0 radical (unpaired) electrons. The molecule has 6 nitrogen and oxygen atoms in total. The summed E-state index contributed by atoms with van der Waals surface area (Å²) in [5.41, 5.74) is 0.817. The summed E-state index contributed by atoms with van der Waals surface area (Å²) in [6.45, 7) is -0.444. The Labute approximate surface area is 141 Å². The fraction of sp³-hybridized carbons (Fsp3) is 0.778. The van der Waals surface area contributed by atoms with E-state index in [-0.39, 0.29) is 23.7 Å². The number of nitrogens with zero attached hydrogens (tertiary/aromatic N) is 1. The highest BCUT2D eigenvalue weighted by Gasteiger charge is 2.51. The van der Waals surface area contributed by atoms with E-state index in [0.29, 0.717) is 12.8 Å². The van der Waals surface area contributed by atoms with E-state index in [1.165, 1.54) is 6.42 Å². The number of hydrogen-bond acceptors (Lipinski definition) is 5. The number of aliphatic hydroxyl groups excluding tert-OH is 2. The van der Waals surface area contributed by atoms with Crippen LogP contribution in [0.2, 0.25) is 0 Å². The molecular formula is C18H25NO5. The molecule has 0 aromatic rings. The maximum absolute atomic E-state index is 10.4. The van der Waals surface area contributed by atoms with Crippen LogP contribution >= 0.6 is 0 Å². The molecule has 3 N–H and O–H groups in total. The lowest BCUT2D eigenvalue weighted by molar-refractivity contribution is -0.142. The number of fused-ring (bicyclic) bond motifs is 1. The average Bonchev–Trinajstić information content (AvgIpc) is 2.81. The van der Waals surface area contributed by atoms with Crippen molar-refractivity contribution >= 4 is 11.7 Å². The molecule has 3 fully saturated rings. The lowest BCUT2D eigenvalue weighted by Gasteiger charge is -2.33. The van der Waals surface area contributed by atoms with Crippen LogP contribution in [-0.2, 0) is 9.63 Å². The molecule has 3 aliphatic rings. The van der Waals surface area contributed by atoms with Crippen molar-refractivity contribution in [2.45, 2.75) is 57.2 Å². The van der Waals surface area contributed by atoms with Crippen molar-refractivity contribution < 1.29 is 25.0 Å². The van der Waals surface area contributed by atoms with Gasteiger partial charge < -0.3 is 20.2 Å². The monoisotopic (exact) mass is 335 g/mol. The fourth-order valence-electron chi connectivity index (χ4n) is 4.18. The number of hydrogen-bond donors (Lipinski definition) is 3. The zero-order valence-electron chi connectivity index (χ0n) is 13.7. The van der Waals surface area contributed by atoms with Crippen LogP contribution in [0.25, 0.3) is 0 Å². The molecule has 0 aromatic carbocycles. The molecule has 6 heteroatoms. The van der Waals surface area contributed by atoms with Crippen LogP contribution in [0.1, 0.15) is 44.9 Å². The molecule has 0 aromatic heterocycles. The van der Waals surface area contributed by atoms with E-state index < -0.39 is 24.8 Å². The molecule has 5 atom stereocenters. The van der Waals surface area contributed by atoms with Gasteiger partial charge in [-0.05, 0) is 37.5 Å². The molecular weight excluding hydrogens is 310 g/mol. The Kier molecular flexibility index (Phi) is 5.42. The van der Waals surface area contributed by atoms with Gasteiger partial charge in [0.2, 0.25) is 6.61 Å². The second kappa shape index (κ2) is 7.54. The highest BCUT2D eigenvalue weighted by atomic mass is 16.6. The summed E-state index contributed by atoms with van der Waals surface area (Å²) in [5.74, 6) is 5.37. The van der Waals surface area contributed by atoms with Gasteiger partial charge >= 0.3 is 5.97 Å². The first-order valence-electron chi connectivity index (χ1n) is 8.84. The summed E-state index contributed by atoms with van der Waals surface area (Å²) < 4.78 is 0. The quantitative estimate of drug-likeness (QED) is 0.533. The summed E-state index contributed by atoms with van der Waals surface area (Å²) in [5, 5.41) is 33.0. The Hall–Kier alpha value is -1.58. The van der Waals surface area contributed by atoms with E-state index in [4.69, 9.17) is 9.94 Å². The van der Waals surface area contributed by atoms with E-state index in [0.717, 1.165) is 31.4 Å². The van der Waals surface area contributed by atoms with Crippen LogP contribution in [0.5, 0.6) is 0 Å². The highest BCUT2D eigenvalue weighted by molar-refractivity contribution is 5.93. The van der Waals surface area contributed by atoms with Crippen LogP contribution in [0.15, 0.2) is 5.16 Å². The van der Waals surface area contributed by atoms with Crippen LogP contribution in [-0.4, -0.2) is 45.8 Å². The summed E-state index contributed by atoms with van der Waals surface area (Å²) in [7, 11) is 0. The second-order valence-electron chi connectivity index (χ2n) is 7.19. The fourth-order valence-corrected chi connectivity index (χ4v) is 4.18. The molecule has 0 bridgehead atoms. The van der Waals surface area contributed by atoms with Gasteiger partial charge in [-0.2, -0.15) is 0 Å². The molecule has 132 valence electrons. The van der Waals surface area contributed by atoms with Gasteiger partial charge in [0.15, 0.2) is 0 Å². The number of aliphatic carboxylic acids is 1. The zero-order valence-corrected chi connectivity index (χ0v) is 13.7. The summed E-state index contributed by atoms with van der Waals surface area (Å²) >= 11 is 0. The van der Waals surface area contributed by atoms with Crippen molar-refractivity contribution in [2.75, 3.05) is 6.61 Å². The summed E-state index contributed by atoms with van der Waals surface area (Å²) in [6, 6.07) is 0. The largest absolute Gasteiger partial charge is 0.479 e. The van der Waals surface area contributed by atoms with Crippen molar-refractivity contribution in [3.05, 3.63) is 0 Å².